The third-order valence-electron chi connectivity index (χ3n) is 4.88. The van der Waals surface area contributed by atoms with Crippen molar-refractivity contribution >= 4 is 5.97 Å². The number of rotatable bonds is 5. The summed E-state index contributed by atoms with van der Waals surface area (Å²) >= 11 is 0. The van der Waals surface area contributed by atoms with Crippen LogP contribution in [-0.2, 0) is 4.79 Å². The summed E-state index contributed by atoms with van der Waals surface area (Å²) in [4.78, 5) is 13.1. The second-order valence-electron chi connectivity index (χ2n) is 6.45. The van der Waals surface area contributed by atoms with Crippen LogP contribution < -0.4 is 0 Å². The molecule has 3 heteroatoms. The lowest BCUT2D eigenvalue weighted by molar-refractivity contribution is -0.137. The van der Waals surface area contributed by atoms with Crippen LogP contribution >= 0.6 is 0 Å². The van der Waals surface area contributed by atoms with Gasteiger partial charge in [0.05, 0.1) is 0 Å². The van der Waals surface area contributed by atoms with Gasteiger partial charge in [0.2, 0.25) is 0 Å². The molecule has 2 fully saturated rings. The Morgan fingerprint density at radius 2 is 1.83 bits per heavy atom. The number of hydrogen-bond donors (Lipinski definition) is 1. The Labute approximate surface area is 111 Å². The van der Waals surface area contributed by atoms with E-state index in [-0.39, 0.29) is 0 Å². The van der Waals surface area contributed by atoms with Crippen molar-refractivity contribution in [3.63, 3.8) is 0 Å². The topological polar surface area (TPSA) is 40.5 Å². The summed E-state index contributed by atoms with van der Waals surface area (Å²) in [5.41, 5.74) is 0.636. The summed E-state index contributed by atoms with van der Waals surface area (Å²) in [5, 5.41) is 8.65. The Kier molecular flexibility index (Phi) is 4.66. The molecule has 1 unspecified atom stereocenters. The first-order chi connectivity index (χ1) is 8.61. The summed E-state index contributed by atoms with van der Waals surface area (Å²) in [7, 11) is 0. The molecule has 0 radical (unpaired) electrons. The lowest BCUT2D eigenvalue weighted by Crippen LogP contribution is -2.58. The number of likely N-dealkylation sites (tertiary alicyclic amines) is 1. The van der Waals surface area contributed by atoms with E-state index in [2.05, 4.69) is 11.8 Å². The average Bonchev–Trinajstić information content (AvgIpc) is 2.51. The molecule has 0 aromatic heterocycles. The fraction of sp³-hybridized carbons (Fsp3) is 0.933. The monoisotopic (exact) mass is 253 g/mol. The fourth-order valence-electron chi connectivity index (χ4n) is 3.65. The molecule has 2 aliphatic rings. The van der Waals surface area contributed by atoms with E-state index in [1.807, 2.05) is 0 Å². The zero-order valence-corrected chi connectivity index (χ0v) is 11.7. The molecule has 1 aliphatic heterocycles. The zero-order valence-electron chi connectivity index (χ0n) is 11.7. The van der Waals surface area contributed by atoms with Gasteiger partial charge in [0.1, 0.15) is 0 Å². The van der Waals surface area contributed by atoms with Gasteiger partial charge >= 0.3 is 5.97 Å². The van der Waals surface area contributed by atoms with E-state index in [0.29, 0.717) is 17.9 Å². The van der Waals surface area contributed by atoms with Gasteiger partial charge in [-0.05, 0) is 38.0 Å². The lowest BCUT2D eigenvalue weighted by atomic mass is 9.72. The Balaban J connectivity index is 1.68. The van der Waals surface area contributed by atoms with E-state index < -0.39 is 5.97 Å². The van der Waals surface area contributed by atoms with Gasteiger partial charge < -0.3 is 5.11 Å². The van der Waals surface area contributed by atoms with Crippen molar-refractivity contribution in [2.75, 3.05) is 13.1 Å². The predicted octanol–water partition coefficient (Wildman–Crippen LogP) is 3.29. The summed E-state index contributed by atoms with van der Waals surface area (Å²) < 4.78 is 0. The highest BCUT2D eigenvalue weighted by atomic mass is 16.4. The summed E-state index contributed by atoms with van der Waals surface area (Å²) in [6.07, 6.45) is 10.7. The fourth-order valence-corrected chi connectivity index (χ4v) is 3.65. The second kappa shape index (κ2) is 6.05. The van der Waals surface area contributed by atoms with Crippen LogP contribution in [0.4, 0.5) is 0 Å². The molecule has 104 valence electrons. The number of carboxylic acid groups (broad SMARTS) is 1. The highest BCUT2D eigenvalue weighted by Crippen LogP contribution is 2.43. The standard InChI is InChI=1S/C15H27NO2/c1-13(7-6-8-14(17)18)16-11-15(12-16)9-4-2-3-5-10-15/h13H,2-12H2,1H3,(H,17,18). The lowest BCUT2D eigenvalue weighted by Gasteiger charge is -2.53. The van der Waals surface area contributed by atoms with Gasteiger partial charge in [-0.15, -0.1) is 0 Å². The molecule has 1 atom stereocenters. The van der Waals surface area contributed by atoms with Crippen molar-refractivity contribution < 1.29 is 9.90 Å². The van der Waals surface area contributed by atoms with Gasteiger partial charge in [-0.1, -0.05) is 25.7 Å². The average molecular weight is 253 g/mol. The van der Waals surface area contributed by atoms with Crippen molar-refractivity contribution in [2.45, 2.75) is 70.8 Å². The molecule has 1 spiro atoms. The minimum absolute atomic E-state index is 0.323. The highest BCUT2D eigenvalue weighted by molar-refractivity contribution is 5.66. The maximum atomic E-state index is 10.5. The number of hydrogen-bond acceptors (Lipinski definition) is 2. The van der Waals surface area contributed by atoms with Crippen molar-refractivity contribution in [3.8, 4) is 0 Å². The van der Waals surface area contributed by atoms with Crippen LogP contribution in [0.15, 0.2) is 0 Å². The Morgan fingerprint density at radius 3 is 2.39 bits per heavy atom. The van der Waals surface area contributed by atoms with Gasteiger partial charge in [-0.3, -0.25) is 9.69 Å². The Morgan fingerprint density at radius 1 is 1.22 bits per heavy atom. The maximum Gasteiger partial charge on any atom is 0.303 e. The molecule has 0 amide bonds. The molecule has 0 bridgehead atoms. The van der Waals surface area contributed by atoms with Crippen LogP contribution in [0.25, 0.3) is 0 Å². The summed E-state index contributed by atoms with van der Waals surface area (Å²) in [6, 6.07) is 0.568. The first kappa shape index (κ1) is 13.9. The molecule has 1 saturated heterocycles. The number of nitrogens with zero attached hydrogens (tertiary/aromatic N) is 1. The van der Waals surface area contributed by atoms with Crippen molar-refractivity contribution in [1.82, 2.24) is 4.90 Å². The minimum atomic E-state index is -0.661. The number of aliphatic carboxylic acids is 1. The van der Waals surface area contributed by atoms with Crippen molar-refractivity contribution in [1.29, 1.82) is 0 Å². The van der Waals surface area contributed by atoms with E-state index in [1.54, 1.807) is 0 Å². The molecular formula is C15H27NO2. The SMILES string of the molecule is CC(CCCC(=O)O)N1CC2(CCCCCC2)C1. The number of carbonyl (C=O) groups is 1. The van der Waals surface area contributed by atoms with E-state index in [9.17, 15) is 4.79 Å². The Bertz CT molecular complexity index is 274. The van der Waals surface area contributed by atoms with E-state index in [0.717, 1.165) is 12.8 Å². The van der Waals surface area contributed by atoms with Crippen LogP contribution in [-0.4, -0.2) is 35.1 Å². The molecule has 0 aromatic carbocycles. The van der Waals surface area contributed by atoms with Crippen molar-refractivity contribution in [2.24, 2.45) is 5.41 Å². The predicted molar refractivity (Wildman–Crippen MR) is 72.7 cm³/mol. The van der Waals surface area contributed by atoms with Crippen LogP contribution in [0.5, 0.6) is 0 Å². The quantitative estimate of drug-likeness (QED) is 0.817. The molecule has 1 aliphatic carbocycles. The highest BCUT2D eigenvalue weighted by Gasteiger charge is 2.43. The molecule has 18 heavy (non-hydrogen) atoms. The third kappa shape index (κ3) is 3.47. The van der Waals surface area contributed by atoms with Crippen LogP contribution in [0.2, 0.25) is 0 Å². The molecular weight excluding hydrogens is 226 g/mol. The van der Waals surface area contributed by atoms with Crippen LogP contribution in [0.1, 0.15) is 64.7 Å². The molecule has 1 saturated carbocycles. The van der Waals surface area contributed by atoms with Gasteiger partial charge in [0.25, 0.3) is 0 Å². The van der Waals surface area contributed by atoms with Crippen LogP contribution in [0, 0.1) is 5.41 Å². The van der Waals surface area contributed by atoms with Crippen molar-refractivity contribution in [3.05, 3.63) is 0 Å². The van der Waals surface area contributed by atoms with Gasteiger partial charge in [-0.25, -0.2) is 0 Å². The van der Waals surface area contributed by atoms with E-state index in [4.69, 9.17) is 5.11 Å². The molecule has 0 aromatic rings. The third-order valence-corrected chi connectivity index (χ3v) is 4.88. The number of carboxylic acids is 1. The van der Waals surface area contributed by atoms with Gasteiger partial charge in [-0.2, -0.15) is 0 Å². The molecule has 3 nitrogen and oxygen atoms in total. The van der Waals surface area contributed by atoms with E-state index in [1.165, 1.54) is 51.6 Å². The largest absolute Gasteiger partial charge is 0.481 e. The maximum absolute atomic E-state index is 10.5. The van der Waals surface area contributed by atoms with Gasteiger partial charge in [0.15, 0.2) is 0 Å². The summed E-state index contributed by atoms with van der Waals surface area (Å²) in [5.74, 6) is -0.661. The molecule has 2 rings (SSSR count). The van der Waals surface area contributed by atoms with Gasteiger partial charge in [0, 0.05) is 25.6 Å². The summed E-state index contributed by atoms with van der Waals surface area (Å²) in [6.45, 7) is 4.79. The normalized spacial score (nSPS) is 25.4. The van der Waals surface area contributed by atoms with Crippen LogP contribution in [0.3, 0.4) is 0 Å². The smallest absolute Gasteiger partial charge is 0.303 e. The first-order valence-corrected chi connectivity index (χ1v) is 7.57. The van der Waals surface area contributed by atoms with E-state index >= 15 is 0 Å². The minimum Gasteiger partial charge on any atom is -0.481 e. The molecule has 1 N–H and O–H groups in total. The first-order valence-electron chi connectivity index (χ1n) is 7.57. The second-order valence-corrected chi connectivity index (χ2v) is 6.45. The Hall–Kier alpha value is -0.570. The zero-order chi connectivity index (χ0) is 13.0. The molecule has 1 heterocycles.